The van der Waals surface area contributed by atoms with Crippen LogP contribution in [-0.4, -0.2) is 42.1 Å². The Bertz CT molecular complexity index is 1000. The summed E-state index contributed by atoms with van der Waals surface area (Å²) in [6.45, 7) is 6.73. The van der Waals surface area contributed by atoms with Crippen LogP contribution in [0.15, 0.2) is 55.1 Å². The molecule has 0 saturated carbocycles. The summed E-state index contributed by atoms with van der Waals surface area (Å²) in [5.74, 6) is 0.570. The van der Waals surface area contributed by atoms with Gasteiger partial charge in [-0.2, -0.15) is 0 Å². The number of hydrogen-bond donors (Lipinski definition) is 1. The van der Waals surface area contributed by atoms with Crippen LogP contribution in [-0.2, 0) is 29.7 Å². The Labute approximate surface area is 183 Å². The summed E-state index contributed by atoms with van der Waals surface area (Å²) in [6, 6.07) is 13.6. The van der Waals surface area contributed by atoms with Gasteiger partial charge in [0.2, 0.25) is 0 Å². The summed E-state index contributed by atoms with van der Waals surface area (Å²) in [6.07, 6.45) is 4.97. The van der Waals surface area contributed by atoms with E-state index in [2.05, 4.69) is 24.0 Å². The number of nitrogens with zero attached hydrogens (tertiary/aromatic N) is 2. The molecule has 0 radical (unpaired) electrons. The van der Waals surface area contributed by atoms with E-state index in [1.807, 2.05) is 42.3 Å². The molecule has 1 heterocycles. The second kappa shape index (κ2) is 8.55. The second-order valence-corrected chi connectivity index (χ2v) is 8.52. The molecule has 3 amide bonds. The smallest absolute Gasteiger partial charge is 0.326 e. The maximum absolute atomic E-state index is 13.3. The zero-order valence-corrected chi connectivity index (χ0v) is 18.2. The number of ether oxygens (including phenoxy) is 1. The van der Waals surface area contributed by atoms with E-state index in [-0.39, 0.29) is 18.6 Å². The van der Waals surface area contributed by atoms with Crippen molar-refractivity contribution in [2.24, 2.45) is 0 Å². The highest BCUT2D eigenvalue weighted by Gasteiger charge is 2.49. The predicted molar refractivity (Wildman–Crippen MR) is 120 cm³/mol. The fourth-order valence-electron chi connectivity index (χ4n) is 4.35. The van der Waals surface area contributed by atoms with E-state index in [9.17, 15) is 9.59 Å². The van der Waals surface area contributed by atoms with Crippen LogP contribution in [0.3, 0.4) is 0 Å². The lowest BCUT2D eigenvalue weighted by atomic mass is 9.90. The van der Waals surface area contributed by atoms with Gasteiger partial charge in [-0.3, -0.25) is 9.69 Å². The average molecular weight is 420 g/mol. The molecule has 1 aliphatic carbocycles. The Morgan fingerprint density at radius 1 is 1.16 bits per heavy atom. The lowest BCUT2D eigenvalue weighted by Crippen LogP contribution is -2.42. The first kappa shape index (κ1) is 21.1. The van der Waals surface area contributed by atoms with Gasteiger partial charge in [0.25, 0.3) is 5.91 Å². The van der Waals surface area contributed by atoms with Gasteiger partial charge in [0.15, 0.2) is 0 Å². The van der Waals surface area contributed by atoms with Gasteiger partial charge in [-0.25, -0.2) is 9.69 Å². The Hall–Kier alpha value is -3.12. The van der Waals surface area contributed by atoms with Crippen LogP contribution in [0.1, 0.15) is 35.6 Å². The predicted octanol–water partition coefficient (Wildman–Crippen LogP) is 3.60. The van der Waals surface area contributed by atoms with Crippen LogP contribution in [0.25, 0.3) is 0 Å². The average Bonchev–Trinajstić information content (AvgIpc) is 3.31. The summed E-state index contributed by atoms with van der Waals surface area (Å²) in [4.78, 5) is 29.2. The van der Waals surface area contributed by atoms with E-state index in [0.29, 0.717) is 13.2 Å². The lowest BCUT2D eigenvalue weighted by molar-refractivity contribution is -0.132. The largest absolute Gasteiger partial charge is 0.490 e. The minimum Gasteiger partial charge on any atom is -0.490 e. The van der Waals surface area contributed by atoms with Crippen LogP contribution in [0.5, 0.6) is 5.75 Å². The maximum Gasteiger partial charge on any atom is 0.326 e. The summed E-state index contributed by atoms with van der Waals surface area (Å²) >= 11 is 0. The molecule has 0 spiro atoms. The van der Waals surface area contributed by atoms with Crippen molar-refractivity contribution in [2.75, 3.05) is 20.3 Å². The van der Waals surface area contributed by atoms with Crippen molar-refractivity contribution < 1.29 is 14.3 Å². The number of hydrogen-bond acceptors (Lipinski definition) is 4. The number of carbonyl (C=O) groups is 2. The maximum atomic E-state index is 13.3. The Morgan fingerprint density at radius 3 is 2.65 bits per heavy atom. The Balaban J connectivity index is 1.42. The lowest BCUT2D eigenvalue weighted by Gasteiger charge is -2.25. The molecule has 1 atom stereocenters. The third-order valence-electron chi connectivity index (χ3n) is 6.08. The highest BCUT2D eigenvalue weighted by molar-refractivity contribution is 6.07. The van der Waals surface area contributed by atoms with Crippen molar-refractivity contribution in [1.82, 2.24) is 15.1 Å². The summed E-state index contributed by atoms with van der Waals surface area (Å²) in [5.41, 5.74) is 3.53. The molecule has 2 aliphatic rings. The molecule has 4 rings (SSSR count). The molecule has 2 aromatic carbocycles. The van der Waals surface area contributed by atoms with Crippen molar-refractivity contribution in [2.45, 2.75) is 38.3 Å². The fourth-order valence-corrected chi connectivity index (χ4v) is 4.35. The molecule has 0 aromatic heterocycles. The van der Waals surface area contributed by atoms with Crippen molar-refractivity contribution in [1.29, 1.82) is 0 Å². The molecule has 1 saturated heterocycles. The van der Waals surface area contributed by atoms with Crippen molar-refractivity contribution >= 4 is 11.9 Å². The number of rotatable bonds is 8. The molecule has 6 nitrogen and oxygen atoms in total. The standard InChI is InChI=1S/C25H29N3O3/c1-4-14-31-22-12-8-18(9-13-22)16-27(3)17-28-23(29)25(2,26-24(28)30)21-11-10-19-6-5-7-20(19)15-21/h4,8-13,15H,1,5-7,14,16-17H2,2-3H3,(H,26,30)/t25-/m1/s1. The van der Waals surface area contributed by atoms with Gasteiger partial charge in [0.05, 0.1) is 6.67 Å². The fraction of sp³-hybridized carbons (Fsp3) is 0.360. The van der Waals surface area contributed by atoms with Gasteiger partial charge in [-0.15, -0.1) is 0 Å². The number of nitrogens with one attached hydrogen (secondary N) is 1. The summed E-state index contributed by atoms with van der Waals surface area (Å²) in [5, 5.41) is 2.92. The molecule has 0 bridgehead atoms. The summed E-state index contributed by atoms with van der Waals surface area (Å²) in [7, 11) is 1.90. The molecular weight excluding hydrogens is 390 g/mol. The molecule has 1 fully saturated rings. The van der Waals surface area contributed by atoms with E-state index in [4.69, 9.17) is 4.74 Å². The molecular formula is C25H29N3O3. The Morgan fingerprint density at radius 2 is 1.90 bits per heavy atom. The SMILES string of the molecule is C=CCOc1ccc(CN(C)CN2C(=O)N[C@](C)(c3ccc4c(c3)CCC4)C2=O)cc1. The van der Waals surface area contributed by atoms with E-state index < -0.39 is 5.54 Å². The van der Waals surface area contributed by atoms with Gasteiger partial charge in [-0.05, 0) is 67.6 Å². The number of carbonyl (C=O) groups excluding carboxylic acids is 2. The molecule has 0 unspecified atom stereocenters. The van der Waals surface area contributed by atoms with E-state index in [1.54, 1.807) is 13.0 Å². The number of imide groups is 1. The van der Waals surface area contributed by atoms with Crippen LogP contribution < -0.4 is 10.1 Å². The van der Waals surface area contributed by atoms with Gasteiger partial charge in [-0.1, -0.05) is 43.0 Å². The summed E-state index contributed by atoms with van der Waals surface area (Å²) < 4.78 is 5.51. The molecule has 162 valence electrons. The van der Waals surface area contributed by atoms with Gasteiger partial charge in [0, 0.05) is 6.54 Å². The molecule has 1 aliphatic heterocycles. The number of aryl methyl sites for hydroxylation is 2. The Kier molecular flexibility index (Phi) is 5.83. The first-order valence-electron chi connectivity index (χ1n) is 10.7. The van der Waals surface area contributed by atoms with E-state index in [1.165, 1.54) is 16.0 Å². The second-order valence-electron chi connectivity index (χ2n) is 8.52. The quantitative estimate of drug-likeness (QED) is 0.525. The van der Waals surface area contributed by atoms with E-state index >= 15 is 0 Å². The number of fused-ring (bicyclic) bond motifs is 1. The van der Waals surface area contributed by atoms with Crippen LogP contribution in [0.4, 0.5) is 4.79 Å². The molecule has 1 N–H and O–H groups in total. The number of amides is 3. The minimum atomic E-state index is -1.03. The zero-order chi connectivity index (χ0) is 22.0. The van der Waals surface area contributed by atoms with Crippen LogP contribution >= 0.6 is 0 Å². The van der Waals surface area contributed by atoms with Gasteiger partial charge in [0.1, 0.15) is 17.9 Å². The van der Waals surface area contributed by atoms with Gasteiger partial charge >= 0.3 is 6.03 Å². The van der Waals surface area contributed by atoms with Crippen molar-refractivity contribution in [3.63, 3.8) is 0 Å². The normalized spacial score (nSPS) is 20.2. The first-order valence-corrected chi connectivity index (χ1v) is 10.7. The van der Waals surface area contributed by atoms with Crippen molar-refractivity contribution in [3.05, 3.63) is 77.4 Å². The highest BCUT2D eigenvalue weighted by Crippen LogP contribution is 2.32. The number of benzene rings is 2. The van der Waals surface area contributed by atoms with Gasteiger partial charge < -0.3 is 10.1 Å². The number of urea groups is 1. The van der Waals surface area contributed by atoms with Crippen LogP contribution in [0.2, 0.25) is 0 Å². The topological polar surface area (TPSA) is 61.9 Å². The molecule has 31 heavy (non-hydrogen) atoms. The van der Waals surface area contributed by atoms with Crippen molar-refractivity contribution in [3.8, 4) is 5.75 Å². The molecule has 2 aromatic rings. The first-order chi connectivity index (χ1) is 14.9. The van der Waals surface area contributed by atoms with E-state index in [0.717, 1.165) is 36.1 Å². The highest BCUT2D eigenvalue weighted by atomic mass is 16.5. The third-order valence-corrected chi connectivity index (χ3v) is 6.08. The molecule has 6 heteroatoms. The monoisotopic (exact) mass is 419 g/mol. The third kappa shape index (κ3) is 4.21. The zero-order valence-electron chi connectivity index (χ0n) is 18.2. The van der Waals surface area contributed by atoms with Crippen LogP contribution in [0, 0.1) is 0 Å². The minimum absolute atomic E-state index is 0.213.